The summed E-state index contributed by atoms with van der Waals surface area (Å²) in [6.07, 6.45) is 0.952. The minimum Gasteiger partial charge on any atom is -0.495 e. The summed E-state index contributed by atoms with van der Waals surface area (Å²) >= 11 is 1.20. The number of aromatic nitrogens is 2. The van der Waals surface area contributed by atoms with E-state index >= 15 is 0 Å². The van der Waals surface area contributed by atoms with Gasteiger partial charge in [0.25, 0.3) is 11.5 Å². The van der Waals surface area contributed by atoms with Crippen molar-refractivity contribution in [2.75, 3.05) is 12.4 Å². The number of methoxy groups -OCH3 is 1. The monoisotopic (exact) mass is 396 g/mol. The van der Waals surface area contributed by atoms with E-state index in [4.69, 9.17) is 10.00 Å². The number of anilines is 1. The highest BCUT2D eigenvalue weighted by atomic mass is 32.1. The summed E-state index contributed by atoms with van der Waals surface area (Å²) < 4.78 is 6.84. The van der Waals surface area contributed by atoms with Crippen LogP contribution in [-0.2, 0) is 6.54 Å². The quantitative estimate of drug-likeness (QED) is 0.642. The summed E-state index contributed by atoms with van der Waals surface area (Å²) in [7, 11) is 1.54. The predicted octanol–water partition coefficient (Wildman–Crippen LogP) is 3.64. The van der Waals surface area contributed by atoms with Crippen LogP contribution in [0, 0.1) is 25.2 Å². The Bertz CT molecular complexity index is 1140. The Morgan fingerprint density at radius 1 is 1.36 bits per heavy atom. The summed E-state index contributed by atoms with van der Waals surface area (Å²) in [6.45, 7) is 3.95. The van der Waals surface area contributed by atoms with E-state index in [1.165, 1.54) is 18.4 Å². The average molecular weight is 396 g/mol. The van der Waals surface area contributed by atoms with E-state index in [1.54, 1.807) is 36.6 Å². The van der Waals surface area contributed by atoms with Gasteiger partial charge >= 0.3 is 0 Å². The van der Waals surface area contributed by atoms with Crippen LogP contribution in [0.15, 0.2) is 29.1 Å². The van der Waals surface area contributed by atoms with E-state index in [9.17, 15) is 9.59 Å². The van der Waals surface area contributed by atoms with Gasteiger partial charge in [0, 0.05) is 13.0 Å². The van der Waals surface area contributed by atoms with Crippen LogP contribution < -0.4 is 15.6 Å². The third kappa shape index (κ3) is 3.62. The van der Waals surface area contributed by atoms with Crippen molar-refractivity contribution in [2.45, 2.75) is 33.2 Å². The van der Waals surface area contributed by atoms with Gasteiger partial charge in [-0.15, -0.1) is 11.3 Å². The molecule has 1 aromatic carbocycles. The molecule has 8 heteroatoms. The molecule has 0 radical (unpaired) electrons. The first-order valence-electron chi connectivity index (χ1n) is 8.79. The van der Waals surface area contributed by atoms with Crippen LogP contribution in [0.4, 0.5) is 5.69 Å². The smallest absolute Gasteiger partial charge is 0.266 e. The Labute approximate surface area is 166 Å². The van der Waals surface area contributed by atoms with Crippen molar-refractivity contribution in [1.82, 2.24) is 9.55 Å². The molecule has 0 saturated carbocycles. The van der Waals surface area contributed by atoms with Crippen molar-refractivity contribution in [1.29, 1.82) is 5.26 Å². The lowest BCUT2D eigenvalue weighted by atomic mass is 10.2. The highest BCUT2D eigenvalue weighted by Crippen LogP contribution is 2.30. The molecule has 0 aliphatic rings. The van der Waals surface area contributed by atoms with Gasteiger partial charge in [0.2, 0.25) is 0 Å². The molecule has 0 spiro atoms. The van der Waals surface area contributed by atoms with Crippen LogP contribution in [0.3, 0.4) is 0 Å². The van der Waals surface area contributed by atoms with Crippen LogP contribution in [0.2, 0.25) is 0 Å². The summed E-state index contributed by atoms with van der Waals surface area (Å²) in [5, 5.41) is 12.0. The molecule has 0 aliphatic heterocycles. The molecule has 0 fully saturated rings. The molecule has 0 unspecified atom stereocenters. The fraction of sp³-hybridized carbons (Fsp3) is 0.300. The topological polar surface area (TPSA) is 97.0 Å². The van der Waals surface area contributed by atoms with Crippen molar-refractivity contribution >= 4 is 33.1 Å². The number of rotatable bonds is 6. The number of unbranched alkanes of at least 4 members (excludes halogenated alkanes) is 1. The minimum absolute atomic E-state index is 0.175. The number of hydrogen-bond acceptors (Lipinski definition) is 6. The number of carbonyl (C=O) groups is 1. The molecule has 1 N–H and O–H groups in total. The number of nitrogens with zero attached hydrogens (tertiary/aromatic N) is 3. The second-order valence-corrected chi connectivity index (χ2v) is 7.27. The Balaban J connectivity index is 2.00. The third-order valence-electron chi connectivity index (χ3n) is 4.47. The van der Waals surface area contributed by atoms with Crippen LogP contribution >= 0.6 is 11.3 Å². The molecule has 3 rings (SSSR count). The maximum absolute atomic E-state index is 13.0. The lowest BCUT2D eigenvalue weighted by Gasteiger charge is -2.09. The van der Waals surface area contributed by atoms with Crippen LogP contribution in [-0.4, -0.2) is 22.6 Å². The SMILES string of the molecule is COc1ccccc1NC(=O)c1sc2nc(C)n(CCCC#N)c(=O)c2c1C. The number of amides is 1. The van der Waals surface area contributed by atoms with E-state index in [-0.39, 0.29) is 11.5 Å². The van der Waals surface area contributed by atoms with E-state index in [0.29, 0.717) is 57.3 Å². The van der Waals surface area contributed by atoms with Crippen molar-refractivity contribution < 1.29 is 9.53 Å². The number of para-hydroxylation sites is 2. The van der Waals surface area contributed by atoms with Gasteiger partial charge in [0.1, 0.15) is 16.4 Å². The van der Waals surface area contributed by atoms with E-state index in [2.05, 4.69) is 16.4 Å². The number of nitriles is 1. The standard InChI is InChI=1S/C20H20N4O3S/c1-12-16-19(22-13(2)24(20(16)26)11-7-6-10-21)28-17(12)18(25)23-14-8-4-5-9-15(14)27-3/h4-5,8-9H,6-7,11H2,1-3H3,(H,23,25). The molecule has 3 aromatic rings. The van der Waals surface area contributed by atoms with E-state index in [1.807, 2.05) is 6.07 Å². The fourth-order valence-corrected chi connectivity index (χ4v) is 4.15. The Morgan fingerprint density at radius 3 is 2.82 bits per heavy atom. The van der Waals surface area contributed by atoms with Crippen molar-refractivity contribution in [3.05, 3.63) is 50.9 Å². The number of thiophene rings is 1. The van der Waals surface area contributed by atoms with Crippen LogP contribution in [0.1, 0.15) is 33.9 Å². The summed E-state index contributed by atoms with van der Waals surface area (Å²) in [6, 6.07) is 9.22. The van der Waals surface area contributed by atoms with Crippen LogP contribution in [0.25, 0.3) is 10.2 Å². The zero-order chi connectivity index (χ0) is 20.3. The summed E-state index contributed by atoms with van der Waals surface area (Å²) in [5.74, 6) is 0.829. The molecule has 0 atom stereocenters. The molecular weight excluding hydrogens is 376 g/mol. The van der Waals surface area contributed by atoms with Gasteiger partial charge in [-0.2, -0.15) is 5.26 Å². The van der Waals surface area contributed by atoms with Gasteiger partial charge in [0.15, 0.2) is 0 Å². The van der Waals surface area contributed by atoms with Crippen molar-refractivity contribution in [3.8, 4) is 11.8 Å². The maximum atomic E-state index is 13.0. The average Bonchev–Trinajstić information content (AvgIpc) is 3.01. The lowest BCUT2D eigenvalue weighted by Crippen LogP contribution is -2.24. The minimum atomic E-state index is -0.307. The molecule has 1 amide bonds. The predicted molar refractivity (Wildman–Crippen MR) is 109 cm³/mol. The number of ether oxygens (including phenoxy) is 1. The Morgan fingerprint density at radius 2 is 2.11 bits per heavy atom. The normalized spacial score (nSPS) is 10.6. The van der Waals surface area contributed by atoms with Gasteiger partial charge in [-0.3, -0.25) is 14.2 Å². The Hall–Kier alpha value is -3.18. The molecular formula is C20H20N4O3S. The number of hydrogen-bond donors (Lipinski definition) is 1. The zero-order valence-electron chi connectivity index (χ0n) is 15.9. The largest absolute Gasteiger partial charge is 0.495 e. The molecule has 0 saturated heterocycles. The second kappa shape index (κ2) is 8.23. The number of fused-ring (bicyclic) bond motifs is 1. The van der Waals surface area contributed by atoms with E-state index < -0.39 is 0 Å². The molecule has 2 aromatic heterocycles. The lowest BCUT2D eigenvalue weighted by molar-refractivity contribution is 0.102. The zero-order valence-corrected chi connectivity index (χ0v) is 16.7. The highest BCUT2D eigenvalue weighted by Gasteiger charge is 2.21. The molecule has 2 heterocycles. The Kier molecular flexibility index (Phi) is 5.76. The summed E-state index contributed by atoms with van der Waals surface area (Å²) in [5.41, 5.74) is 0.995. The third-order valence-corrected chi connectivity index (χ3v) is 5.66. The first-order valence-corrected chi connectivity index (χ1v) is 9.61. The van der Waals surface area contributed by atoms with Gasteiger partial charge in [0.05, 0.1) is 29.1 Å². The number of benzene rings is 1. The molecule has 28 heavy (non-hydrogen) atoms. The fourth-order valence-electron chi connectivity index (χ4n) is 3.04. The van der Waals surface area contributed by atoms with Crippen LogP contribution in [0.5, 0.6) is 5.75 Å². The first-order chi connectivity index (χ1) is 13.5. The number of aryl methyl sites for hydroxylation is 2. The van der Waals surface area contributed by atoms with Gasteiger partial charge in [-0.25, -0.2) is 4.98 Å². The number of carbonyl (C=O) groups excluding carboxylic acids is 1. The van der Waals surface area contributed by atoms with Crippen molar-refractivity contribution in [2.24, 2.45) is 0 Å². The van der Waals surface area contributed by atoms with Gasteiger partial charge < -0.3 is 10.1 Å². The van der Waals surface area contributed by atoms with Crippen molar-refractivity contribution in [3.63, 3.8) is 0 Å². The second-order valence-electron chi connectivity index (χ2n) is 6.27. The first kappa shape index (κ1) is 19.6. The maximum Gasteiger partial charge on any atom is 0.266 e. The molecule has 144 valence electrons. The van der Waals surface area contributed by atoms with Gasteiger partial charge in [-0.1, -0.05) is 12.1 Å². The molecule has 7 nitrogen and oxygen atoms in total. The molecule has 0 aliphatic carbocycles. The summed E-state index contributed by atoms with van der Waals surface area (Å²) in [4.78, 5) is 31.3. The van der Waals surface area contributed by atoms with E-state index in [0.717, 1.165) is 0 Å². The van der Waals surface area contributed by atoms with Gasteiger partial charge in [-0.05, 0) is 38.0 Å². The molecule has 0 bridgehead atoms. The highest BCUT2D eigenvalue weighted by molar-refractivity contribution is 7.20. The number of nitrogens with one attached hydrogen (secondary N) is 1.